The van der Waals surface area contributed by atoms with Gasteiger partial charge in [0.15, 0.2) is 0 Å². The van der Waals surface area contributed by atoms with Crippen molar-refractivity contribution >= 4 is 23.7 Å². The minimum Gasteiger partial charge on any atom is -0.324 e. The Morgan fingerprint density at radius 2 is 1.82 bits per heavy atom. The maximum absolute atomic E-state index is 12.6. The summed E-state index contributed by atoms with van der Waals surface area (Å²) in [6, 6.07) is 5.82. The van der Waals surface area contributed by atoms with Gasteiger partial charge in [0.1, 0.15) is 13.1 Å². The van der Waals surface area contributed by atoms with Gasteiger partial charge in [-0.2, -0.15) is 13.2 Å². The first-order chi connectivity index (χ1) is 13.2. The van der Waals surface area contributed by atoms with E-state index in [9.17, 15) is 27.6 Å². The minimum absolute atomic E-state index is 0.247. The molecule has 1 N–H and O–H groups in total. The van der Waals surface area contributed by atoms with Crippen LogP contribution in [0.5, 0.6) is 0 Å². The molecule has 0 bridgehead atoms. The lowest BCUT2D eigenvalue weighted by Crippen LogP contribution is -2.49. The number of amides is 5. The van der Waals surface area contributed by atoms with Gasteiger partial charge >= 0.3 is 18.2 Å². The van der Waals surface area contributed by atoms with E-state index in [1.807, 2.05) is 25.1 Å². The zero-order valence-corrected chi connectivity index (χ0v) is 15.3. The molecule has 0 radical (unpaired) electrons. The van der Waals surface area contributed by atoms with Gasteiger partial charge in [0, 0.05) is 24.8 Å². The highest BCUT2D eigenvalue weighted by molar-refractivity contribution is 6.02. The van der Waals surface area contributed by atoms with Gasteiger partial charge in [-0.15, -0.1) is 0 Å². The quantitative estimate of drug-likeness (QED) is 0.796. The Morgan fingerprint density at radius 1 is 1.18 bits per heavy atom. The molecule has 2 fully saturated rings. The number of carbonyl (C=O) groups excluding carboxylic acids is 3. The zero-order chi connectivity index (χ0) is 20.5. The van der Waals surface area contributed by atoms with Crippen molar-refractivity contribution in [3.63, 3.8) is 0 Å². The fourth-order valence-corrected chi connectivity index (χ4v) is 3.47. The van der Waals surface area contributed by atoms with E-state index in [0.29, 0.717) is 31.6 Å². The Balaban J connectivity index is 1.55. The van der Waals surface area contributed by atoms with Crippen LogP contribution >= 0.6 is 0 Å². The van der Waals surface area contributed by atoms with Crippen molar-refractivity contribution in [2.24, 2.45) is 0 Å². The van der Waals surface area contributed by atoms with Crippen molar-refractivity contribution in [2.45, 2.75) is 32.0 Å². The van der Waals surface area contributed by atoms with Crippen LogP contribution in [0.2, 0.25) is 0 Å². The second kappa shape index (κ2) is 7.69. The maximum Gasteiger partial charge on any atom is 0.406 e. The topological polar surface area (TPSA) is 73.0 Å². The molecule has 0 unspecified atom stereocenters. The number of likely N-dealkylation sites (tertiary alicyclic amines) is 1. The number of imide groups is 1. The van der Waals surface area contributed by atoms with Crippen LogP contribution in [0.1, 0.15) is 18.4 Å². The van der Waals surface area contributed by atoms with E-state index in [-0.39, 0.29) is 23.5 Å². The fourth-order valence-electron chi connectivity index (χ4n) is 3.47. The lowest BCUT2D eigenvalue weighted by molar-refractivity contribution is -0.151. The summed E-state index contributed by atoms with van der Waals surface area (Å²) in [5.74, 6) is -0.845. The summed E-state index contributed by atoms with van der Waals surface area (Å²) in [4.78, 5) is 39.5. The number of alkyl halides is 3. The summed E-state index contributed by atoms with van der Waals surface area (Å²) in [5.41, 5.74) is 1.63. The molecular formula is C18H21F3N4O3. The second-order valence-electron chi connectivity index (χ2n) is 6.97. The van der Waals surface area contributed by atoms with Crippen LogP contribution < -0.4 is 5.32 Å². The molecule has 0 atom stereocenters. The predicted molar refractivity (Wildman–Crippen MR) is 94.7 cm³/mol. The molecule has 0 aliphatic carbocycles. The molecule has 152 valence electrons. The summed E-state index contributed by atoms with van der Waals surface area (Å²) in [6.45, 7) is 0.650. The van der Waals surface area contributed by atoms with Gasteiger partial charge in [0.05, 0.1) is 0 Å². The maximum atomic E-state index is 12.6. The standard InChI is InChI=1S/C18H21F3N4O3/c1-12-4-2-3-5-14(12)22-16(27)23-8-6-13(7-9-23)24-10-15(26)25(17(24)28)11-18(19,20)21/h2-5,13H,6-11H2,1H3,(H,22,27). The summed E-state index contributed by atoms with van der Waals surface area (Å²) in [5, 5.41) is 2.83. The molecule has 5 amide bonds. The number of anilines is 1. The molecule has 10 heteroatoms. The average molecular weight is 398 g/mol. The molecule has 2 aliphatic heterocycles. The lowest BCUT2D eigenvalue weighted by atomic mass is 10.0. The van der Waals surface area contributed by atoms with Gasteiger partial charge in [-0.1, -0.05) is 18.2 Å². The first kappa shape index (κ1) is 20.0. The number of nitrogens with one attached hydrogen (secondary N) is 1. The monoisotopic (exact) mass is 398 g/mol. The number of urea groups is 2. The third kappa shape index (κ3) is 4.37. The third-order valence-corrected chi connectivity index (χ3v) is 5.00. The van der Waals surface area contributed by atoms with Gasteiger partial charge < -0.3 is 15.1 Å². The van der Waals surface area contributed by atoms with Crippen molar-refractivity contribution in [1.29, 1.82) is 0 Å². The number of carbonyl (C=O) groups is 3. The highest BCUT2D eigenvalue weighted by Gasteiger charge is 2.45. The molecule has 2 aliphatic rings. The largest absolute Gasteiger partial charge is 0.406 e. The predicted octanol–water partition coefficient (Wildman–Crippen LogP) is 2.82. The first-order valence-electron chi connectivity index (χ1n) is 8.95. The molecule has 1 aromatic rings. The molecule has 1 aromatic carbocycles. The van der Waals surface area contributed by atoms with E-state index in [1.165, 1.54) is 4.90 Å². The van der Waals surface area contributed by atoms with Crippen molar-refractivity contribution in [1.82, 2.24) is 14.7 Å². The molecule has 0 aromatic heterocycles. The molecule has 2 heterocycles. The molecule has 0 saturated carbocycles. The minimum atomic E-state index is -4.63. The van der Waals surface area contributed by atoms with Crippen LogP contribution in [0, 0.1) is 6.92 Å². The average Bonchev–Trinajstić information content (AvgIpc) is 2.90. The number of rotatable bonds is 3. The van der Waals surface area contributed by atoms with Gasteiger partial charge in [0.25, 0.3) is 5.91 Å². The molecule has 3 rings (SSSR count). The van der Waals surface area contributed by atoms with Gasteiger partial charge in [-0.05, 0) is 31.4 Å². The smallest absolute Gasteiger partial charge is 0.324 e. The number of piperidine rings is 1. The lowest BCUT2D eigenvalue weighted by Gasteiger charge is -2.36. The number of hydrogen-bond donors (Lipinski definition) is 1. The number of hydrogen-bond acceptors (Lipinski definition) is 3. The molecule has 28 heavy (non-hydrogen) atoms. The van der Waals surface area contributed by atoms with E-state index >= 15 is 0 Å². The van der Waals surface area contributed by atoms with Crippen LogP contribution in [0.25, 0.3) is 0 Å². The highest BCUT2D eigenvalue weighted by atomic mass is 19.4. The molecular weight excluding hydrogens is 377 g/mol. The Kier molecular flexibility index (Phi) is 5.48. The molecule has 2 saturated heterocycles. The van der Waals surface area contributed by atoms with E-state index < -0.39 is 24.7 Å². The Morgan fingerprint density at radius 3 is 2.43 bits per heavy atom. The molecule has 7 nitrogen and oxygen atoms in total. The van der Waals surface area contributed by atoms with Crippen LogP contribution in [0.3, 0.4) is 0 Å². The normalized spacial score (nSPS) is 18.8. The van der Waals surface area contributed by atoms with Gasteiger partial charge in [-0.3, -0.25) is 9.69 Å². The van der Waals surface area contributed by atoms with E-state index in [1.54, 1.807) is 11.0 Å². The van der Waals surface area contributed by atoms with E-state index in [0.717, 1.165) is 5.56 Å². The number of benzene rings is 1. The summed E-state index contributed by atoms with van der Waals surface area (Å²) in [6.07, 6.45) is -3.82. The summed E-state index contributed by atoms with van der Waals surface area (Å²) < 4.78 is 37.7. The van der Waals surface area contributed by atoms with Crippen molar-refractivity contribution in [3.05, 3.63) is 29.8 Å². The summed E-state index contributed by atoms with van der Waals surface area (Å²) >= 11 is 0. The van der Waals surface area contributed by atoms with Crippen molar-refractivity contribution in [2.75, 3.05) is 31.5 Å². The first-order valence-corrected chi connectivity index (χ1v) is 8.95. The molecule has 0 spiro atoms. The fraction of sp³-hybridized carbons (Fsp3) is 0.500. The zero-order valence-electron chi connectivity index (χ0n) is 15.3. The Bertz CT molecular complexity index is 776. The number of nitrogens with zero attached hydrogens (tertiary/aromatic N) is 3. The number of halogens is 3. The van der Waals surface area contributed by atoms with Crippen LogP contribution in [-0.2, 0) is 4.79 Å². The Hall–Kier alpha value is -2.78. The van der Waals surface area contributed by atoms with Crippen LogP contribution in [0.4, 0.5) is 28.4 Å². The second-order valence-corrected chi connectivity index (χ2v) is 6.97. The highest BCUT2D eigenvalue weighted by Crippen LogP contribution is 2.26. The van der Waals surface area contributed by atoms with Crippen molar-refractivity contribution < 1.29 is 27.6 Å². The Labute approximate surface area is 160 Å². The van der Waals surface area contributed by atoms with Crippen molar-refractivity contribution in [3.8, 4) is 0 Å². The van der Waals surface area contributed by atoms with Gasteiger partial charge in [-0.25, -0.2) is 9.59 Å². The van der Waals surface area contributed by atoms with E-state index in [4.69, 9.17) is 0 Å². The van der Waals surface area contributed by atoms with Crippen LogP contribution in [0.15, 0.2) is 24.3 Å². The van der Waals surface area contributed by atoms with Gasteiger partial charge in [0.2, 0.25) is 0 Å². The number of aryl methyl sites for hydroxylation is 1. The van der Waals surface area contributed by atoms with E-state index in [2.05, 4.69) is 5.32 Å². The third-order valence-electron chi connectivity index (χ3n) is 5.00. The summed E-state index contributed by atoms with van der Waals surface area (Å²) in [7, 11) is 0. The number of para-hydroxylation sites is 1. The SMILES string of the molecule is Cc1ccccc1NC(=O)N1CCC(N2CC(=O)N(CC(F)(F)F)C2=O)CC1. The van der Waals surface area contributed by atoms with Crippen LogP contribution in [-0.4, -0.2) is 71.1 Å².